The number of methoxy groups -OCH3 is 2. The predicted octanol–water partition coefficient (Wildman–Crippen LogP) is 4.54. The second-order valence-electron chi connectivity index (χ2n) is 11.6. The Morgan fingerprint density at radius 1 is 1.06 bits per heavy atom. The predicted molar refractivity (Wildman–Crippen MR) is 173 cm³/mol. The minimum Gasteiger partial charge on any atom is -0.619 e. The first-order valence-electron chi connectivity index (χ1n) is 15.2. The largest absolute Gasteiger partial charge is 0.619 e. The monoisotopic (exact) mass is 697 g/mol. The fourth-order valence-corrected chi connectivity index (χ4v) is 6.64. The number of aromatic amines is 1. The molecular weight excluding hydrogens is 665 g/mol. The molecule has 0 aliphatic carbocycles. The molecule has 3 aliphatic heterocycles. The molecule has 1 amide bonds. The fourth-order valence-electron chi connectivity index (χ4n) is 6.04. The number of piperidine rings is 3. The average Bonchev–Trinajstić information content (AvgIpc) is 3.63. The van der Waals surface area contributed by atoms with Crippen LogP contribution >= 0.6 is 23.2 Å². The van der Waals surface area contributed by atoms with Gasteiger partial charge in [0.05, 0.1) is 26.3 Å². The molecule has 252 valence electrons. The third-order valence-corrected chi connectivity index (χ3v) is 9.30. The van der Waals surface area contributed by atoms with Crippen LogP contribution < -0.4 is 19.1 Å². The number of rotatable bonds is 11. The molecule has 5 heterocycles. The molecule has 16 heteroatoms. The van der Waals surface area contributed by atoms with Crippen LogP contribution in [0.4, 0.5) is 10.7 Å². The molecular formula is C32H33Cl2N7O7. The van der Waals surface area contributed by atoms with Gasteiger partial charge in [0.1, 0.15) is 22.3 Å². The summed E-state index contributed by atoms with van der Waals surface area (Å²) in [7, 11) is 3.02. The quantitative estimate of drug-likeness (QED) is 0.133. The molecule has 2 bridgehead atoms. The molecule has 14 nitrogen and oxygen atoms in total. The van der Waals surface area contributed by atoms with Crippen molar-refractivity contribution in [3.8, 4) is 11.5 Å². The highest BCUT2D eigenvalue weighted by atomic mass is 35.5. The van der Waals surface area contributed by atoms with Crippen LogP contribution in [-0.2, 0) is 22.4 Å². The maximum absolute atomic E-state index is 13.5. The number of aromatic nitrogens is 5. The van der Waals surface area contributed by atoms with Crippen LogP contribution in [0.25, 0.3) is 0 Å². The van der Waals surface area contributed by atoms with Crippen molar-refractivity contribution in [2.45, 2.75) is 38.0 Å². The van der Waals surface area contributed by atoms with Gasteiger partial charge in [-0.15, -0.1) is 5.10 Å². The summed E-state index contributed by atoms with van der Waals surface area (Å²) in [6.07, 6.45) is 2.78. The van der Waals surface area contributed by atoms with E-state index in [0.717, 1.165) is 25.9 Å². The van der Waals surface area contributed by atoms with Gasteiger partial charge >= 0.3 is 12.1 Å². The maximum atomic E-state index is 13.5. The first kappa shape index (κ1) is 33.2. The Morgan fingerprint density at radius 2 is 1.77 bits per heavy atom. The molecule has 1 unspecified atom stereocenters. The number of tetrazole rings is 1. The molecule has 3 saturated heterocycles. The van der Waals surface area contributed by atoms with Gasteiger partial charge in [0.15, 0.2) is 23.9 Å². The number of anilines is 1. The van der Waals surface area contributed by atoms with Crippen LogP contribution in [0.5, 0.6) is 11.5 Å². The Labute approximate surface area is 286 Å². The highest BCUT2D eigenvalue weighted by Crippen LogP contribution is 2.36. The number of nitrogens with one attached hydrogen (secondary N) is 1. The molecule has 4 aromatic rings. The van der Waals surface area contributed by atoms with Crippen molar-refractivity contribution in [2.24, 2.45) is 5.92 Å². The van der Waals surface area contributed by atoms with Gasteiger partial charge < -0.3 is 24.2 Å². The van der Waals surface area contributed by atoms with Crippen LogP contribution in [-0.4, -0.2) is 77.5 Å². The Kier molecular flexibility index (Phi) is 10.1. The van der Waals surface area contributed by atoms with Gasteiger partial charge in [-0.1, -0.05) is 46.5 Å². The van der Waals surface area contributed by atoms with Crippen LogP contribution in [0.15, 0.2) is 54.9 Å². The van der Waals surface area contributed by atoms with E-state index in [1.54, 1.807) is 42.5 Å². The molecule has 2 aromatic heterocycles. The molecule has 3 fully saturated rings. The average molecular weight is 699 g/mol. The standard InChI is InChI=1S/C32H33Cl2N7O7/c1-45-26-8-7-22(13-28(26)46-2)27(14-23-24(33)16-40(44)17-25(23)34)47-30(42)21-5-3-19(4-6-21)15-41(31-35-37-38-36-31)32(43)48-29-18-39-11-9-20(29)10-12-39/h3-8,13,16-17,20,27,29H,9-12,14-15,18H2,1-2H3,(H,35,36,37,38)/t27?,29-/m0/s1. The lowest BCUT2D eigenvalue weighted by atomic mass is 9.86. The van der Waals surface area contributed by atoms with Crippen molar-refractivity contribution in [1.82, 2.24) is 25.5 Å². The van der Waals surface area contributed by atoms with Crippen molar-refractivity contribution in [2.75, 3.05) is 38.8 Å². The molecule has 3 aliphatic rings. The number of esters is 1. The van der Waals surface area contributed by atoms with Crippen LogP contribution in [0.2, 0.25) is 10.0 Å². The minimum atomic E-state index is -0.871. The molecule has 1 N–H and O–H groups in total. The number of fused-ring (bicyclic) bond motifs is 3. The third kappa shape index (κ3) is 7.40. The van der Waals surface area contributed by atoms with Gasteiger partial charge in [-0.25, -0.2) is 14.5 Å². The summed E-state index contributed by atoms with van der Waals surface area (Å²) < 4.78 is 23.3. The summed E-state index contributed by atoms with van der Waals surface area (Å²) in [4.78, 5) is 30.5. The van der Waals surface area contributed by atoms with Gasteiger partial charge in [-0.2, -0.15) is 9.94 Å². The van der Waals surface area contributed by atoms with E-state index in [4.69, 9.17) is 42.1 Å². The van der Waals surface area contributed by atoms with Crippen molar-refractivity contribution in [1.29, 1.82) is 0 Å². The number of carbonyl (C=O) groups is 2. The maximum Gasteiger partial charge on any atom is 0.417 e. The number of ether oxygens (including phenoxy) is 4. The van der Waals surface area contributed by atoms with Gasteiger partial charge in [0.2, 0.25) is 0 Å². The Morgan fingerprint density at radius 3 is 2.38 bits per heavy atom. The van der Waals surface area contributed by atoms with Crippen LogP contribution in [0, 0.1) is 11.1 Å². The molecule has 0 saturated carbocycles. The van der Waals surface area contributed by atoms with Crippen LogP contribution in [0.3, 0.4) is 0 Å². The summed E-state index contributed by atoms with van der Waals surface area (Å²) >= 11 is 12.7. The van der Waals surface area contributed by atoms with Crippen LogP contribution in [0.1, 0.15) is 46.0 Å². The first-order valence-corrected chi connectivity index (χ1v) is 16.0. The zero-order valence-corrected chi connectivity index (χ0v) is 27.7. The summed E-state index contributed by atoms with van der Waals surface area (Å²) in [5.41, 5.74) is 1.96. The molecule has 7 rings (SSSR count). The lowest BCUT2D eigenvalue weighted by Gasteiger charge is -2.44. The fraction of sp³-hybridized carbons (Fsp3) is 0.375. The number of amides is 1. The van der Waals surface area contributed by atoms with Crippen molar-refractivity contribution < 1.29 is 33.3 Å². The van der Waals surface area contributed by atoms with Gasteiger partial charge in [0.25, 0.3) is 5.95 Å². The van der Waals surface area contributed by atoms with E-state index < -0.39 is 18.2 Å². The number of pyridine rings is 1. The number of H-pyrrole nitrogens is 1. The van der Waals surface area contributed by atoms with Gasteiger partial charge in [0, 0.05) is 18.5 Å². The van der Waals surface area contributed by atoms with E-state index in [1.165, 1.54) is 31.5 Å². The topological polar surface area (TPSA) is 159 Å². The number of halogens is 2. The smallest absolute Gasteiger partial charge is 0.417 e. The molecule has 2 aromatic carbocycles. The van der Waals surface area contributed by atoms with E-state index in [-0.39, 0.29) is 40.6 Å². The lowest BCUT2D eigenvalue weighted by Crippen LogP contribution is -2.53. The third-order valence-electron chi connectivity index (χ3n) is 8.65. The van der Waals surface area contributed by atoms with Gasteiger partial charge in [-0.05, 0) is 72.5 Å². The second kappa shape index (κ2) is 14.6. The zero-order valence-electron chi connectivity index (χ0n) is 26.2. The highest BCUT2D eigenvalue weighted by molar-refractivity contribution is 6.35. The normalized spacial score (nSPS) is 19.0. The van der Waals surface area contributed by atoms with E-state index >= 15 is 0 Å². The SMILES string of the molecule is COc1ccc(C(Cc2c(Cl)c[n+]([O-])cc2Cl)OC(=O)c2ccc(CN(C(=O)O[C@H]3CN4CCC3CC4)c3nn[nH]n3)cc2)cc1OC. The van der Waals surface area contributed by atoms with Crippen molar-refractivity contribution in [3.63, 3.8) is 0 Å². The van der Waals surface area contributed by atoms with E-state index in [9.17, 15) is 14.8 Å². The number of nitrogens with zero attached hydrogens (tertiary/aromatic N) is 6. The number of benzene rings is 2. The summed E-state index contributed by atoms with van der Waals surface area (Å²) in [6.45, 7) is 2.82. The minimum absolute atomic E-state index is 0.0686. The van der Waals surface area contributed by atoms with Gasteiger partial charge in [-0.3, -0.25) is 4.90 Å². The number of hydrogen-bond acceptors (Lipinski definition) is 11. The number of hydrogen-bond donors (Lipinski definition) is 1. The molecule has 48 heavy (non-hydrogen) atoms. The highest BCUT2D eigenvalue weighted by Gasteiger charge is 2.38. The Balaban J connectivity index is 1.19. The summed E-state index contributed by atoms with van der Waals surface area (Å²) in [6, 6.07) is 11.7. The van der Waals surface area contributed by atoms with Crippen molar-refractivity contribution >= 4 is 41.2 Å². The Bertz CT molecular complexity index is 1730. The number of carbonyl (C=O) groups excluding carboxylic acids is 2. The molecule has 0 spiro atoms. The van der Waals surface area contributed by atoms with Crippen molar-refractivity contribution in [3.05, 3.63) is 92.4 Å². The first-order chi connectivity index (χ1) is 23.2. The van der Waals surface area contributed by atoms with E-state index in [2.05, 4.69) is 25.5 Å². The molecule has 0 radical (unpaired) electrons. The second-order valence-corrected chi connectivity index (χ2v) is 12.4. The Hall–Kier alpha value is -4.66. The van der Waals surface area contributed by atoms with E-state index in [0.29, 0.717) is 45.4 Å². The molecule has 2 atom stereocenters. The lowest BCUT2D eigenvalue weighted by molar-refractivity contribution is -0.605. The van der Waals surface area contributed by atoms with E-state index in [1.807, 2.05) is 0 Å². The zero-order chi connectivity index (χ0) is 33.8. The summed E-state index contributed by atoms with van der Waals surface area (Å²) in [5.74, 6) is 0.702. The summed E-state index contributed by atoms with van der Waals surface area (Å²) in [5, 5.41) is 26.1.